The fourth-order valence-electron chi connectivity index (χ4n) is 4.81. The van der Waals surface area contributed by atoms with E-state index in [9.17, 15) is 4.79 Å². The second kappa shape index (κ2) is 15.4. The number of thiazole rings is 1. The van der Waals surface area contributed by atoms with Gasteiger partial charge < -0.3 is 5.32 Å². The van der Waals surface area contributed by atoms with E-state index in [2.05, 4.69) is 70.5 Å². The van der Waals surface area contributed by atoms with Crippen molar-refractivity contribution in [3.63, 3.8) is 0 Å². The third-order valence-corrected chi connectivity index (χ3v) is 8.07. The highest BCUT2D eigenvalue weighted by Crippen LogP contribution is 2.29. The Balaban J connectivity index is 0.000000377. The quantitative estimate of drug-likeness (QED) is 0.168. The van der Waals surface area contributed by atoms with Crippen LogP contribution in [0.5, 0.6) is 0 Å². The standard InChI is InChI=1S/C26H37N5OS.C6H5N3/c1-6-15-30(23(7-2)26-27-14-17-33-26)16-13-20(5)22-18-24(28-25(32)8-3)31(29-22)21-11-9-19(4)10-12-21;1-3-7-6-2-4-8-9(6)5-1/h9-12,14,17-18,20,23H,6-8,13,15-16H2,1-5H3,(H,28,32);1-5H. The van der Waals surface area contributed by atoms with Crippen LogP contribution in [0.2, 0.25) is 0 Å². The highest BCUT2D eigenvalue weighted by molar-refractivity contribution is 7.09. The van der Waals surface area contributed by atoms with Gasteiger partial charge in [0.15, 0.2) is 5.65 Å². The number of hydrogen-bond donors (Lipinski definition) is 1. The number of benzene rings is 1. The van der Waals surface area contributed by atoms with Crippen molar-refractivity contribution < 1.29 is 4.79 Å². The number of nitrogens with one attached hydrogen (secondary N) is 1. The monoisotopic (exact) mass is 586 g/mol. The topological polar surface area (TPSA) is 93.2 Å². The molecule has 0 fully saturated rings. The van der Waals surface area contributed by atoms with Crippen LogP contribution in [0, 0.1) is 6.92 Å². The number of carbonyl (C=O) groups is 1. The van der Waals surface area contributed by atoms with E-state index in [1.807, 2.05) is 54.3 Å². The maximum absolute atomic E-state index is 12.1. The Labute approximate surface area is 252 Å². The van der Waals surface area contributed by atoms with Gasteiger partial charge in [-0.25, -0.2) is 19.2 Å². The molecule has 1 amide bonds. The van der Waals surface area contributed by atoms with Crippen LogP contribution in [0.4, 0.5) is 5.82 Å². The number of fused-ring (bicyclic) bond motifs is 1. The van der Waals surface area contributed by atoms with Gasteiger partial charge in [-0.3, -0.25) is 9.69 Å². The van der Waals surface area contributed by atoms with Gasteiger partial charge in [0, 0.05) is 48.4 Å². The first kappa shape index (κ1) is 31.1. The molecule has 0 bridgehead atoms. The summed E-state index contributed by atoms with van der Waals surface area (Å²) in [7, 11) is 0. The van der Waals surface area contributed by atoms with Gasteiger partial charge in [0.25, 0.3) is 0 Å². The molecule has 4 aromatic heterocycles. The molecule has 0 aliphatic rings. The molecule has 2 unspecified atom stereocenters. The molecule has 9 nitrogen and oxygen atoms in total. The van der Waals surface area contributed by atoms with Crippen LogP contribution < -0.4 is 5.32 Å². The molecule has 0 aliphatic carbocycles. The molecule has 0 aliphatic heterocycles. The van der Waals surface area contributed by atoms with Crippen molar-refractivity contribution in [1.29, 1.82) is 0 Å². The van der Waals surface area contributed by atoms with Gasteiger partial charge >= 0.3 is 0 Å². The largest absolute Gasteiger partial charge is 0.311 e. The third kappa shape index (κ3) is 8.10. The van der Waals surface area contributed by atoms with Gasteiger partial charge in [0.05, 0.1) is 23.6 Å². The van der Waals surface area contributed by atoms with Crippen molar-refractivity contribution in [2.45, 2.75) is 72.3 Å². The summed E-state index contributed by atoms with van der Waals surface area (Å²) in [6, 6.07) is 14.3. The lowest BCUT2D eigenvalue weighted by Crippen LogP contribution is -2.31. The lowest BCUT2D eigenvalue weighted by atomic mass is 10.0. The lowest BCUT2D eigenvalue weighted by molar-refractivity contribution is -0.115. The summed E-state index contributed by atoms with van der Waals surface area (Å²) in [6.45, 7) is 12.7. The molecule has 2 atom stereocenters. The first-order valence-corrected chi connectivity index (χ1v) is 15.7. The molecule has 0 saturated carbocycles. The fourth-order valence-corrected chi connectivity index (χ4v) is 5.67. The Bertz CT molecular complexity index is 1480. The zero-order chi connectivity index (χ0) is 29.9. The van der Waals surface area contributed by atoms with Crippen molar-refractivity contribution in [2.24, 2.45) is 0 Å². The van der Waals surface area contributed by atoms with E-state index in [0.717, 1.165) is 55.2 Å². The van der Waals surface area contributed by atoms with Crippen molar-refractivity contribution >= 4 is 28.7 Å². The second-order valence-electron chi connectivity index (χ2n) is 10.4. The molecule has 0 spiro atoms. The number of aromatic nitrogens is 6. The second-order valence-corrected chi connectivity index (χ2v) is 11.3. The minimum Gasteiger partial charge on any atom is -0.311 e. The predicted molar refractivity (Wildman–Crippen MR) is 170 cm³/mol. The molecule has 0 radical (unpaired) electrons. The zero-order valence-corrected chi connectivity index (χ0v) is 26.1. The molecule has 0 saturated heterocycles. The summed E-state index contributed by atoms with van der Waals surface area (Å²) in [5, 5.41) is 15.2. The van der Waals surface area contributed by atoms with E-state index in [1.54, 1.807) is 28.2 Å². The SMILES string of the molecule is CCCN(CCC(C)c1cc(NC(=O)CC)n(-c2ccc(C)cc2)n1)C(CC)c1nccs1.c1cnc2ccnn2c1. The fraction of sp³-hybridized carbons (Fsp3) is 0.406. The number of hydrogen-bond acceptors (Lipinski definition) is 7. The molecular formula is C32H42N8OS. The molecule has 42 heavy (non-hydrogen) atoms. The summed E-state index contributed by atoms with van der Waals surface area (Å²) >= 11 is 1.74. The van der Waals surface area contributed by atoms with E-state index in [0.29, 0.717) is 12.5 Å². The summed E-state index contributed by atoms with van der Waals surface area (Å²) in [4.78, 5) is 23.3. The molecule has 1 aromatic carbocycles. The smallest absolute Gasteiger partial charge is 0.225 e. The van der Waals surface area contributed by atoms with E-state index < -0.39 is 0 Å². The van der Waals surface area contributed by atoms with Crippen molar-refractivity contribution in [3.8, 4) is 5.69 Å². The average Bonchev–Trinajstić information content (AvgIpc) is 3.79. The summed E-state index contributed by atoms with van der Waals surface area (Å²) < 4.78 is 3.58. The van der Waals surface area contributed by atoms with E-state index in [1.165, 1.54) is 10.6 Å². The Morgan fingerprint density at radius 2 is 1.86 bits per heavy atom. The summed E-state index contributed by atoms with van der Waals surface area (Å²) in [5.74, 6) is 0.986. The number of nitrogens with zero attached hydrogens (tertiary/aromatic N) is 7. The number of amides is 1. The number of anilines is 1. The van der Waals surface area contributed by atoms with Crippen LogP contribution >= 0.6 is 11.3 Å². The van der Waals surface area contributed by atoms with Gasteiger partial charge in [-0.1, -0.05) is 45.4 Å². The number of aryl methyl sites for hydroxylation is 1. The highest BCUT2D eigenvalue weighted by Gasteiger charge is 2.22. The lowest BCUT2D eigenvalue weighted by Gasteiger charge is -2.30. The van der Waals surface area contributed by atoms with Crippen molar-refractivity contribution in [1.82, 2.24) is 34.3 Å². The van der Waals surface area contributed by atoms with Crippen molar-refractivity contribution in [3.05, 3.63) is 88.9 Å². The Morgan fingerprint density at radius 1 is 1.05 bits per heavy atom. The molecule has 222 valence electrons. The highest BCUT2D eigenvalue weighted by atomic mass is 32.1. The maximum Gasteiger partial charge on any atom is 0.225 e. The normalized spacial score (nSPS) is 12.6. The van der Waals surface area contributed by atoms with Crippen LogP contribution in [0.25, 0.3) is 11.3 Å². The molecule has 1 N–H and O–H groups in total. The van der Waals surface area contributed by atoms with E-state index in [-0.39, 0.29) is 11.8 Å². The van der Waals surface area contributed by atoms with Gasteiger partial charge in [-0.15, -0.1) is 11.3 Å². The minimum atomic E-state index is -0.00850. The average molecular weight is 587 g/mol. The third-order valence-electron chi connectivity index (χ3n) is 7.19. The number of carbonyl (C=O) groups excluding carboxylic acids is 1. The molecule has 5 rings (SSSR count). The van der Waals surface area contributed by atoms with Crippen LogP contribution in [0.1, 0.15) is 81.6 Å². The molecule has 5 aromatic rings. The Hall–Kier alpha value is -3.89. The minimum absolute atomic E-state index is 0.00850. The predicted octanol–water partition coefficient (Wildman–Crippen LogP) is 7.07. The molecular weight excluding hydrogens is 544 g/mol. The van der Waals surface area contributed by atoms with Gasteiger partial charge in [0.2, 0.25) is 5.91 Å². The van der Waals surface area contributed by atoms with Crippen LogP contribution in [0.3, 0.4) is 0 Å². The molecule has 10 heteroatoms. The summed E-state index contributed by atoms with van der Waals surface area (Å²) in [5.41, 5.74) is 4.03. The van der Waals surface area contributed by atoms with Gasteiger partial charge in [-0.05, 0) is 57.5 Å². The first-order valence-electron chi connectivity index (χ1n) is 14.8. The van der Waals surface area contributed by atoms with Gasteiger partial charge in [0.1, 0.15) is 10.8 Å². The van der Waals surface area contributed by atoms with Crippen LogP contribution in [-0.4, -0.2) is 53.3 Å². The van der Waals surface area contributed by atoms with Gasteiger partial charge in [-0.2, -0.15) is 10.2 Å². The molecule has 4 heterocycles. The van der Waals surface area contributed by atoms with Crippen LogP contribution in [0.15, 0.2) is 72.6 Å². The number of rotatable bonds is 12. The van der Waals surface area contributed by atoms with E-state index >= 15 is 0 Å². The zero-order valence-electron chi connectivity index (χ0n) is 25.3. The van der Waals surface area contributed by atoms with Crippen molar-refractivity contribution in [2.75, 3.05) is 18.4 Å². The Kier molecular flexibility index (Phi) is 11.4. The van der Waals surface area contributed by atoms with E-state index in [4.69, 9.17) is 5.10 Å². The first-order chi connectivity index (χ1) is 20.4. The maximum atomic E-state index is 12.1. The van der Waals surface area contributed by atoms with Crippen LogP contribution in [-0.2, 0) is 4.79 Å². The Morgan fingerprint density at radius 3 is 2.52 bits per heavy atom. The summed E-state index contributed by atoms with van der Waals surface area (Å²) in [6.07, 6.45) is 10.8.